The number of aromatic nitrogens is 1. The SMILES string of the molecule is NC(=O)C(=O)c1cn(CC(=O)Nc2ccccc2F)c2ccccc12. The van der Waals surface area contributed by atoms with E-state index >= 15 is 0 Å². The van der Waals surface area contributed by atoms with Crippen LogP contribution in [0.25, 0.3) is 10.9 Å². The number of halogens is 1. The van der Waals surface area contributed by atoms with Gasteiger partial charge in [-0.05, 0) is 18.2 Å². The molecular formula is C18H14FN3O3. The van der Waals surface area contributed by atoms with Gasteiger partial charge in [0.2, 0.25) is 5.91 Å². The third-order valence-corrected chi connectivity index (χ3v) is 3.72. The van der Waals surface area contributed by atoms with Gasteiger partial charge < -0.3 is 15.6 Å². The van der Waals surface area contributed by atoms with E-state index in [4.69, 9.17) is 5.73 Å². The molecule has 3 N–H and O–H groups in total. The number of nitrogens with two attached hydrogens (primary N) is 1. The lowest BCUT2D eigenvalue weighted by atomic mass is 10.1. The van der Waals surface area contributed by atoms with Gasteiger partial charge in [0.15, 0.2) is 0 Å². The first-order valence-electron chi connectivity index (χ1n) is 7.43. The standard InChI is InChI=1S/C18H14FN3O3/c19-13-6-2-3-7-14(13)21-16(23)10-22-9-12(17(24)18(20)25)11-5-1-4-8-15(11)22/h1-9H,10H2,(H2,20,25)(H,21,23). The van der Waals surface area contributed by atoms with E-state index in [2.05, 4.69) is 5.32 Å². The summed E-state index contributed by atoms with van der Waals surface area (Å²) in [4.78, 5) is 35.4. The molecule has 0 aliphatic carbocycles. The summed E-state index contributed by atoms with van der Waals surface area (Å²) in [6.45, 7) is -0.152. The summed E-state index contributed by atoms with van der Waals surface area (Å²) >= 11 is 0. The van der Waals surface area contributed by atoms with Crippen molar-refractivity contribution in [1.29, 1.82) is 0 Å². The van der Waals surface area contributed by atoms with Crippen molar-refractivity contribution in [3.63, 3.8) is 0 Å². The van der Waals surface area contributed by atoms with Crippen molar-refractivity contribution in [2.75, 3.05) is 5.32 Å². The Kier molecular flexibility index (Phi) is 4.30. The normalized spacial score (nSPS) is 10.6. The van der Waals surface area contributed by atoms with Crippen molar-refractivity contribution in [1.82, 2.24) is 4.57 Å². The second kappa shape index (κ2) is 6.56. The first kappa shape index (κ1) is 16.4. The Hall–Kier alpha value is -3.48. The van der Waals surface area contributed by atoms with Gasteiger partial charge in [0.1, 0.15) is 12.4 Å². The van der Waals surface area contributed by atoms with Crippen LogP contribution in [0.1, 0.15) is 10.4 Å². The smallest absolute Gasteiger partial charge is 0.289 e. The van der Waals surface area contributed by atoms with Gasteiger partial charge >= 0.3 is 0 Å². The highest BCUT2D eigenvalue weighted by atomic mass is 19.1. The monoisotopic (exact) mass is 339 g/mol. The molecule has 6 nitrogen and oxygen atoms in total. The number of benzene rings is 2. The van der Waals surface area contributed by atoms with Crippen molar-refractivity contribution in [2.24, 2.45) is 5.73 Å². The molecule has 2 aromatic carbocycles. The van der Waals surface area contributed by atoms with Crippen molar-refractivity contribution < 1.29 is 18.8 Å². The van der Waals surface area contributed by atoms with E-state index < -0.39 is 23.4 Å². The quantitative estimate of drug-likeness (QED) is 0.550. The van der Waals surface area contributed by atoms with Gasteiger partial charge in [0, 0.05) is 17.1 Å². The minimum atomic E-state index is -1.07. The molecular weight excluding hydrogens is 325 g/mol. The number of para-hydroxylation sites is 2. The molecule has 0 aliphatic rings. The minimum Gasteiger partial charge on any atom is -0.363 e. The average Bonchev–Trinajstić information content (AvgIpc) is 2.95. The molecule has 3 rings (SSSR count). The summed E-state index contributed by atoms with van der Waals surface area (Å²) in [5.41, 5.74) is 5.86. The molecule has 0 bridgehead atoms. The van der Waals surface area contributed by atoms with Crippen LogP contribution >= 0.6 is 0 Å². The summed E-state index contributed by atoms with van der Waals surface area (Å²) in [6.07, 6.45) is 1.40. The number of primary amides is 1. The fourth-order valence-corrected chi connectivity index (χ4v) is 2.60. The number of hydrogen-bond acceptors (Lipinski definition) is 3. The highest BCUT2D eigenvalue weighted by molar-refractivity contribution is 6.44. The molecule has 0 saturated heterocycles. The maximum atomic E-state index is 13.6. The summed E-state index contributed by atoms with van der Waals surface area (Å²) in [6, 6.07) is 12.6. The van der Waals surface area contributed by atoms with Crippen LogP contribution in [-0.4, -0.2) is 22.2 Å². The third-order valence-electron chi connectivity index (χ3n) is 3.72. The molecule has 1 heterocycles. The van der Waals surface area contributed by atoms with E-state index in [0.717, 1.165) is 0 Å². The molecule has 0 spiro atoms. The second-order valence-electron chi connectivity index (χ2n) is 5.41. The molecule has 2 amide bonds. The molecule has 126 valence electrons. The van der Waals surface area contributed by atoms with Crippen molar-refractivity contribution in [2.45, 2.75) is 6.54 Å². The molecule has 0 radical (unpaired) electrons. The number of nitrogens with one attached hydrogen (secondary N) is 1. The molecule has 25 heavy (non-hydrogen) atoms. The van der Waals surface area contributed by atoms with Gasteiger partial charge in [-0.1, -0.05) is 30.3 Å². The number of fused-ring (bicyclic) bond motifs is 1. The van der Waals surface area contributed by atoms with E-state index in [1.54, 1.807) is 30.3 Å². The Morgan fingerprint density at radius 1 is 1.04 bits per heavy atom. The molecule has 0 aliphatic heterocycles. The molecule has 1 aromatic heterocycles. The number of Topliss-reactive ketones (excluding diaryl/α,β-unsaturated/α-hetero) is 1. The van der Waals surface area contributed by atoms with E-state index in [1.165, 1.54) is 29.0 Å². The second-order valence-corrected chi connectivity index (χ2v) is 5.41. The number of hydrogen-bond donors (Lipinski definition) is 2. The zero-order chi connectivity index (χ0) is 18.0. The Morgan fingerprint density at radius 3 is 2.44 bits per heavy atom. The van der Waals surface area contributed by atoms with Crippen LogP contribution in [-0.2, 0) is 16.1 Å². The zero-order valence-corrected chi connectivity index (χ0v) is 13.0. The molecule has 0 unspecified atom stereocenters. The summed E-state index contributed by atoms with van der Waals surface area (Å²) < 4.78 is 15.1. The van der Waals surface area contributed by atoms with Crippen molar-refractivity contribution in [3.8, 4) is 0 Å². The van der Waals surface area contributed by atoms with Gasteiger partial charge in [0.25, 0.3) is 11.7 Å². The van der Waals surface area contributed by atoms with Gasteiger partial charge in [-0.3, -0.25) is 14.4 Å². The van der Waals surface area contributed by atoms with Gasteiger partial charge in [-0.2, -0.15) is 0 Å². The van der Waals surface area contributed by atoms with Crippen LogP contribution in [0.5, 0.6) is 0 Å². The first-order chi connectivity index (χ1) is 12.0. The van der Waals surface area contributed by atoms with Crippen LogP contribution in [0.4, 0.5) is 10.1 Å². The lowest BCUT2D eigenvalue weighted by Gasteiger charge is -2.08. The number of carbonyl (C=O) groups is 3. The van der Waals surface area contributed by atoms with E-state index in [0.29, 0.717) is 10.9 Å². The molecule has 7 heteroatoms. The summed E-state index contributed by atoms with van der Waals surface area (Å²) in [7, 11) is 0. The number of rotatable bonds is 5. The van der Waals surface area contributed by atoms with Crippen LogP contribution in [0, 0.1) is 5.82 Å². The van der Waals surface area contributed by atoms with Gasteiger partial charge in [0.05, 0.1) is 11.3 Å². The van der Waals surface area contributed by atoms with Crippen LogP contribution < -0.4 is 11.1 Å². The predicted molar refractivity (Wildman–Crippen MR) is 90.5 cm³/mol. The van der Waals surface area contributed by atoms with Gasteiger partial charge in [-0.25, -0.2) is 4.39 Å². The Labute approximate surface area is 142 Å². The average molecular weight is 339 g/mol. The Bertz CT molecular complexity index is 994. The van der Waals surface area contributed by atoms with Crippen LogP contribution in [0.15, 0.2) is 54.7 Å². The van der Waals surface area contributed by atoms with E-state index in [-0.39, 0.29) is 17.8 Å². The van der Waals surface area contributed by atoms with Crippen molar-refractivity contribution >= 4 is 34.2 Å². The summed E-state index contributed by atoms with van der Waals surface area (Å²) in [5.74, 6) is -2.91. The maximum absolute atomic E-state index is 13.6. The lowest BCUT2D eigenvalue weighted by molar-refractivity contribution is -0.116. The minimum absolute atomic E-state index is 0.0670. The molecule has 0 fully saturated rings. The maximum Gasteiger partial charge on any atom is 0.289 e. The fraction of sp³-hybridized carbons (Fsp3) is 0.0556. The van der Waals surface area contributed by atoms with E-state index in [9.17, 15) is 18.8 Å². The number of nitrogens with zero attached hydrogens (tertiary/aromatic N) is 1. The van der Waals surface area contributed by atoms with E-state index in [1.807, 2.05) is 0 Å². The number of amides is 2. The molecule has 0 atom stereocenters. The molecule has 3 aromatic rings. The predicted octanol–water partition coefficient (Wildman–Crippen LogP) is 2.09. The topological polar surface area (TPSA) is 94.2 Å². The third kappa shape index (κ3) is 3.25. The number of anilines is 1. The fourth-order valence-electron chi connectivity index (χ4n) is 2.60. The largest absolute Gasteiger partial charge is 0.363 e. The van der Waals surface area contributed by atoms with Crippen LogP contribution in [0.2, 0.25) is 0 Å². The molecule has 0 saturated carbocycles. The highest BCUT2D eigenvalue weighted by Crippen LogP contribution is 2.22. The van der Waals surface area contributed by atoms with Crippen molar-refractivity contribution in [3.05, 3.63) is 66.1 Å². The Morgan fingerprint density at radius 2 is 1.72 bits per heavy atom. The Balaban J connectivity index is 1.91. The zero-order valence-electron chi connectivity index (χ0n) is 13.0. The first-order valence-corrected chi connectivity index (χ1v) is 7.43. The van der Waals surface area contributed by atoms with Crippen LogP contribution in [0.3, 0.4) is 0 Å². The van der Waals surface area contributed by atoms with Gasteiger partial charge in [-0.15, -0.1) is 0 Å². The number of carbonyl (C=O) groups excluding carboxylic acids is 3. The lowest BCUT2D eigenvalue weighted by Crippen LogP contribution is -2.23. The highest BCUT2D eigenvalue weighted by Gasteiger charge is 2.20. The number of ketones is 1. The summed E-state index contributed by atoms with van der Waals surface area (Å²) in [5, 5.41) is 2.99.